The van der Waals surface area contributed by atoms with Crippen molar-refractivity contribution in [3.05, 3.63) is 35.4 Å². The van der Waals surface area contributed by atoms with E-state index >= 15 is 0 Å². The van der Waals surface area contributed by atoms with Crippen LogP contribution in [0.25, 0.3) is 0 Å². The summed E-state index contributed by atoms with van der Waals surface area (Å²) in [5.74, 6) is -1.50. The first-order valence-electron chi connectivity index (χ1n) is 7.08. The summed E-state index contributed by atoms with van der Waals surface area (Å²) in [5, 5.41) is 40.9. The second-order valence-corrected chi connectivity index (χ2v) is 5.41. The zero-order valence-electron chi connectivity index (χ0n) is 12.4. The van der Waals surface area contributed by atoms with Crippen LogP contribution >= 0.6 is 0 Å². The molecule has 1 aromatic rings. The summed E-state index contributed by atoms with van der Waals surface area (Å²) in [5.41, 5.74) is 0.595. The summed E-state index contributed by atoms with van der Waals surface area (Å²) in [6.45, 7) is 0.760. The van der Waals surface area contributed by atoms with Crippen molar-refractivity contribution in [3.63, 3.8) is 0 Å². The van der Waals surface area contributed by atoms with E-state index in [2.05, 4.69) is 5.32 Å². The number of amides is 1. The minimum atomic E-state index is -1.36. The zero-order chi connectivity index (χ0) is 17.1. The number of carbonyl (C=O) groups is 2. The van der Waals surface area contributed by atoms with E-state index < -0.39 is 48.9 Å². The van der Waals surface area contributed by atoms with Gasteiger partial charge in [-0.1, -0.05) is 12.1 Å². The maximum atomic E-state index is 11.3. The molecule has 8 nitrogen and oxygen atoms in total. The van der Waals surface area contributed by atoms with Crippen molar-refractivity contribution in [2.75, 3.05) is 6.61 Å². The summed E-state index contributed by atoms with van der Waals surface area (Å²) < 4.78 is 5.60. The molecule has 128 valence electrons. The zero-order valence-corrected chi connectivity index (χ0v) is 12.4. The topological polar surface area (TPSA) is 136 Å². The van der Waals surface area contributed by atoms with Crippen molar-refractivity contribution in [2.45, 2.75) is 37.4 Å². The minimum absolute atomic E-state index is 0. The Balaban J connectivity index is 0.00000288. The molecule has 1 amide bonds. The molecule has 1 aliphatic rings. The number of aromatic carboxylic acids is 1. The van der Waals surface area contributed by atoms with E-state index in [0.29, 0.717) is 5.56 Å². The van der Waals surface area contributed by atoms with Gasteiger partial charge in [0.15, 0.2) is 0 Å². The van der Waals surface area contributed by atoms with Crippen LogP contribution in [0.1, 0.15) is 28.9 Å². The first kappa shape index (κ1) is 21.0. The van der Waals surface area contributed by atoms with Gasteiger partial charge in [-0.15, -0.1) is 0 Å². The van der Waals surface area contributed by atoms with E-state index in [4.69, 9.17) is 9.84 Å². The number of hydrogen-bond donors (Lipinski definition) is 5. The Hall–Kier alpha value is -1.000. The SMILES string of the molecule is CC(=O)N[C@H]1[C@@H](O)[C@H](O)[C@@H](CO)O[C@H]1c1ccc(C(=O)O)cc1.[NaH]. The fourth-order valence-electron chi connectivity index (χ4n) is 2.61. The van der Waals surface area contributed by atoms with Gasteiger partial charge in [-0.05, 0) is 17.7 Å². The number of aliphatic hydroxyl groups excluding tert-OH is 3. The van der Waals surface area contributed by atoms with Crippen LogP contribution in [0.3, 0.4) is 0 Å². The van der Waals surface area contributed by atoms with Gasteiger partial charge in [0, 0.05) is 6.92 Å². The van der Waals surface area contributed by atoms with E-state index in [9.17, 15) is 24.9 Å². The third kappa shape index (κ3) is 4.54. The fraction of sp³-hybridized carbons (Fsp3) is 0.467. The second kappa shape index (κ2) is 8.91. The molecule has 1 fully saturated rings. The summed E-state index contributed by atoms with van der Waals surface area (Å²) in [4.78, 5) is 22.2. The molecule has 0 radical (unpaired) electrons. The van der Waals surface area contributed by atoms with Crippen molar-refractivity contribution >= 4 is 41.4 Å². The Bertz CT molecular complexity index is 580. The molecule has 2 rings (SSSR count). The Morgan fingerprint density at radius 1 is 1.17 bits per heavy atom. The van der Waals surface area contributed by atoms with Crippen molar-refractivity contribution in [2.24, 2.45) is 0 Å². The number of carboxylic acid groups (broad SMARTS) is 1. The number of carboxylic acids is 1. The fourth-order valence-corrected chi connectivity index (χ4v) is 2.61. The molecule has 0 aliphatic carbocycles. The first-order valence-corrected chi connectivity index (χ1v) is 7.08. The number of aliphatic hydroxyl groups is 3. The van der Waals surface area contributed by atoms with Gasteiger partial charge in [-0.3, -0.25) is 4.79 Å². The number of benzene rings is 1. The van der Waals surface area contributed by atoms with E-state index in [1.54, 1.807) is 0 Å². The summed E-state index contributed by atoms with van der Waals surface area (Å²) in [6, 6.07) is 4.82. The third-order valence-electron chi connectivity index (χ3n) is 3.78. The van der Waals surface area contributed by atoms with Crippen LogP contribution in [-0.4, -0.2) is 92.8 Å². The van der Waals surface area contributed by atoms with Crippen LogP contribution in [0.4, 0.5) is 0 Å². The second-order valence-electron chi connectivity index (χ2n) is 5.41. The molecule has 0 spiro atoms. The number of hydrogen-bond acceptors (Lipinski definition) is 6. The van der Waals surface area contributed by atoms with Crippen LogP contribution in [-0.2, 0) is 9.53 Å². The van der Waals surface area contributed by atoms with Crippen molar-refractivity contribution in [1.82, 2.24) is 5.32 Å². The molecule has 1 aromatic carbocycles. The van der Waals surface area contributed by atoms with Gasteiger partial charge in [-0.25, -0.2) is 4.79 Å². The summed E-state index contributed by atoms with van der Waals surface area (Å²) in [7, 11) is 0. The molecule has 1 heterocycles. The van der Waals surface area contributed by atoms with Crippen LogP contribution in [0.2, 0.25) is 0 Å². The molecular formula is C15H20NNaO7. The van der Waals surface area contributed by atoms with Gasteiger partial charge < -0.3 is 30.5 Å². The number of nitrogens with one attached hydrogen (secondary N) is 1. The Kier molecular flexibility index (Phi) is 7.81. The van der Waals surface area contributed by atoms with E-state index in [-0.39, 0.29) is 35.1 Å². The number of carbonyl (C=O) groups excluding carboxylic acids is 1. The molecule has 0 unspecified atom stereocenters. The average molecular weight is 349 g/mol. The average Bonchev–Trinajstić information content (AvgIpc) is 2.52. The predicted molar refractivity (Wildman–Crippen MR) is 84.9 cm³/mol. The Morgan fingerprint density at radius 3 is 2.21 bits per heavy atom. The van der Waals surface area contributed by atoms with Crippen LogP contribution in [0.5, 0.6) is 0 Å². The van der Waals surface area contributed by atoms with Gasteiger partial charge in [0.1, 0.15) is 24.4 Å². The normalized spacial score (nSPS) is 29.4. The molecular weight excluding hydrogens is 329 g/mol. The monoisotopic (exact) mass is 349 g/mol. The van der Waals surface area contributed by atoms with Crippen molar-refractivity contribution < 1.29 is 34.8 Å². The molecule has 24 heavy (non-hydrogen) atoms. The quantitative estimate of drug-likeness (QED) is 0.413. The molecule has 9 heteroatoms. The summed E-state index contributed by atoms with van der Waals surface area (Å²) >= 11 is 0. The first-order chi connectivity index (χ1) is 10.8. The van der Waals surface area contributed by atoms with Gasteiger partial charge in [-0.2, -0.15) is 0 Å². The van der Waals surface area contributed by atoms with Gasteiger partial charge in [0.25, 0.3) is 0 Å². The predicted octanol–water partition coefficient (Wildman–Crippen LogP) is -1.60. The molecule has 1 saturated heterocycles. The molecule has 5 atom stereocenters. The van der Waals surface area contributed by atoms with Crippen molar-refractivity contribution in [3.8, 4) is 0 Å². The Labute approximate surface area is 160 Å². The standard InChI is InChI=1S/C15H19NO7.Na.H/c1-7(18)16-11-13(20)12(19)10(6-17)23-14(11)8-2-4-9(5-3-8)15(21)22;;/h2-5,10-14,17,19-20H,6H2,1H3,(H,16,18)(H,21,22);;/t10-,11+,12-,13-,14+;;/m1../s1. The molecule has 0 bridgehead atoms. The van der Waals surface area contributed by atoms with E-state index in [0.717, 1.165) is 0 Å². The van der Waals surface area contributed by atoms with Gasteiger partial charge in [0.2, 0.25) is 5.91 Å². The van der Waals surface area contributed by atoms with Gasteiger partial charge >= 0.3 is 35.5 Å². The molecule has 0 aromatic heterocycles. The van der Waals surface area contributed by atoms with E-state index in [1.165, 1.54) is 31.2 Å². The number of ether oxygens (including phenoxy) is 1. The van der Waals surface area contributed by atoms with Gasteiger partial charge in [0.05, 0.1) is 18.2 Å². The number of rotatable bonds is 4. The molecule has 1 aliphatic heterocycles. The maximum absolute atomic E-state index is 11.3. The molecule has 0 saturated carbocycles. The van der Waals surface area contributed by atoms with Crippen LogP contribution in [0.15, 0.2) is 24.3 Å². The van der Waals surface area contributed by atoms with Crippen molar-refractivity contribution in [1.29, 1.82) is 0 Å². The summed E-state index contributed by atoms with van der Waals surface area (Å²) in [6.07, 6.45) is -4.54. The van der Waals surface area contributed by atoms with Crippen LogP contribution in [0, 0.1) is 0 Å². The van der Waals surface area contributed by atoms with Crippen LogP contribution < -0.4 is 5.32 Å². The Morgan fingerprint density at radius 2 is 1.75 bits per heavy atom. The molecule has 5 N–H and O–H groups in total. The third-order valence-corrected chi connectivity index (χ3v) is 3.78. The van der Waals surface area contributed by atoms with E-state index in [1.807, 2.05) is 0 Å².